The lowest BCUT2D eigenvalue weighted by atomic mass is 10.0. The zero-order valence-corrected chi connectivity index (χ0v) is 16.5. The van der Waals surface area contributed by atoms with Gasteiger partial charge in [0.25, 0.3) is 5.91 Å². The highest BCUT2D eigenvalue weighted by molar-refractivity contribution is 6.10. The lowest BCUT2D eigenvalue weighted by Crippen LogP contribution is -2.23. The molecule has 1 aliphatic heterocycles. The van der Waals surface area contributed by atoms with E-state index in [1.165, 1.54) is 11.1 Å². The summed E-state index contributed by atoms with van der Waals surface area (Å²) in [4.78, 5) is 15.1. The standard InChI is InChI=1S/C23H27NO3/c1-5-7-12-19-21-18(13-14-20(26-3)22(21)27-4)23(25)24(19)15-17-11-9-8-10-16(17)6-2/h8-14H,5-7,15H2,1-4H3/b19-12+. The first-order valence-electron chi connectivity index (χ1n) is 9.50. The van der Waals surface area contributed by atoms with Crippen molar-refractivity contribution < 1.29 is 14.3 Å². The molecule has 27 heavy (non-hydrogen) atoms. The van der Waals surface area contributed by atoms with E-state index >= 15 is 0 Å². The van der Waals surface area contributed by atoms with Crippen LogP contribution in [-0.4, -0.2) is 25.0 Å². The Bertz CT molecular complexity index is 870. The van der Waals surface area contributed by atoms with Crippen molar-refractivity contribution in [2.45, 2.75) is 39.7 Å². The van der Waals surface area contributed by atoms with Gasteiger partial charge in [0, 0.05) is 0 Å². The Labute approximate surface area is 161 Å². The second kappa shape index (κ2) is 8.30. The van der Waals surface area contributed by atoms with Crippen LogP contribution in [0, 0.1) is 0 Å². The van der Waals surface area contributed by atoms with Crippen molar-refractivity contribution >= 4 is 11.6 Å². The summed E-state index contributed by atoms with van der Waals surface area (Å²) < 4.78 is 11.1. The zero-order valence-electron chi connectivity index (χ0n) is 16.5. The molecule has 0 N–H and O–H groups in total. The van der Waals surface area contributed by atoms with Gasteiger partial charge in [-0.25, -0.2) is 0 Å². The number of carbonyl (C=O) groups is 1. The highest BCUT2D eigenvalue weighted by atomic mass is 16.5. The van der Waals surface area contributed by atoms with Gasteiger partial charge in [0.1, 0.15) is 0 Å². The predicted octanol–water partition coefficient (Wildman–Crippen LogP) is 5.06. The van der Waals surface area contributed by atoms with Gasteiger partial charge in [-0.15, -0.1) is 0 Å². The number of hydrogen-bond donors (Lipinski definition) is 0. The molecule has 0 saturated carbocycles. The number of ether oxygens (including phenoxy) is 2. The number of nitrogens with zero attached hydrogens (tertiary/aromatic N) is 1. The predicted molar refractivity (Wildman–Crippen MR) is 108 cm³/mol. The monoisotopic (exact) mass is 365 g/mol. The highest BCUT2D eigenvalue weighted by Crippen LogP contribution is 2.45. The van der Waals surface area contributed by atoms with E-state index in [-0.39, 0.29) is 5.91 Å². The van der Waals surface area contributed by atoms with Crippen LogP contribution < -0.4 is 9.47 Å². The van der Waals surface area contributed by atoms with Crippen LogP contribution in [0.25, 0.3) is 5.70 Å². The Morgan fingerprint density at radius 2 is 1.74 bits per heavy atom. The van der Waals surface area contributed by atoms with Crippen LogP contribution in [0.4, 0.5) is 0 Å². The first-order chi connectivity index (χ1) is 13.2. The van der Waals surface area contributed by atoms with Crippen molar-refractivity contribution in [3.8, 4) is 11.5 Å². The minimum absolute atomic E-state index is 0.0132. The molecule has 4 nitrogen and oxygen atoms in total. The Balaban J connectivity index is 2.10. The molecule has 142 valence electrons. The van der Waals surface area contributed by atoms with E-state index in [0.717, 1.165) is 30.5 Å². The molecule has 1 aliphatic rings. The molecular weight excluding hydrogens is 338 g/mol. The number of methoxy groups -OCH3 is 2. The molecule has 0 bridgehead atoms. The third-order valence-corrected chi connectivity index (χ3v) is 5.02. The molecule has 0 saturated heterocycles. The first kappa shape index (κ1) is 19.0. The van der Waals surface area contributed by atoms with E-state index in [4.69, 9.17) is 9.47 Å². The van der Waals surface area contributed by atoms with Gasteiger partial charge < -0.3 is 14.4 Å². The quantitative estimate of drug-likeness (QED) is 0.688. The molecule has 2 aromatic rings. The van der Waals surface area contributed by atoms with E-state index in [0.29, 0.717) is 23.6 Å². The number of aryl methyl sites for hydroxylation is 1. The fraction of sp³-hybridized carbons (Fsp3) is 0.348. The van der Waals surface area contributed by atoms with E-state index in [1.807, 2.05) is 23.1 Å². The van der Waals surface area contributed by atoms with Crippen LogP contribution in [0.2, 0.25) is 0 Å². The van der Waals surface area contributed by atoms with Gasteiger partial charge in [-0.2, -0.15) is 0 Å². The minimum atomic E-state index is 0.0132. The van der Waals surface area contributed by atoms with Gasteiger partial charge in [0.05, 0.1) is 37.6 Å². The summed E-state index contributed by atoms with van der Waals surface area (Å²) >= 11 is 0. The van der Waals surface area contributed by atoms with Crippen LogP contribution in [0.1, 0.15) is 53.7 Å². The maximum absolute atomic E-state index is 13.2. The third-order valence-electron chi connectivity index (χ3n) is 5.02. The molecule has 3 rings (SSSR count). The fourth-order valence-corrected chi connectivity index (χ4v) is 3.63. The normalized spacial score (nSPS) is 14.6. The van der Waals surface area contributed by atoms with Gasteiger partial charge in [-0.05, 0) is 36.1 Å². The lowest BCUT2D eigenvalue weighted by molar-refractivity contribution is 0.0842. The maximum Gasteiger partial charge on any atom is 0.259 e. The second-order valence-corrected chi connectivity index (χ2v) is 6.62. The van der Waals surface area contributed by atoms with Crippen molar-refractivity contribution in [2.75, 3.05) is 14.2 Å². The van der Waals surface area contributed by atoms with Crippen LogP contribution in [0.3, 0.4) is 0 Å². The van der Waals surface area contributed by atoms with Crippen LogP contribution in [-0.2, 0) is 13.0 Å². The van der Waals surface area contributed by atoms with E-state index in [2.05, 4.69) is 32.1 Å². The van der Waals surface area contributed by atoms with Crippen LogP contribution >= 0.6 is 0 Å². The highest BCUT2D eigenvalue weighted by Gasteiger charge is 2.36. The van der Waals surface area contributed by atoms with Gasteiger partial charge in [-0.1, -0.05) is 50.6 Å². The van der Waals surface area contributed by atoms with Gasteiger partial charge in [0.15, 0.2) is 11.5 Å². The Morgan fingerprint density at radius 3 is 2.37 bits per heavy atom. The summed E-state index contributed by atoms with van der Waals surface area (Å²) in [6.45, 7) is 4.83. The van der Waals surface area contributed by atoms with E-state index in [9.17, 15) is 4.79 Å². The number of benzene rings is 2. The molecule has 0 unspecified atom stereocenters. The number of unbranched alkanes of at least 4 members (excludes halogenated alkanes) is 1. The maximum atomic E-state index is 13.2. The number of fused-ring (bicyclic) bond motifs is 1. The van der Waals surface area contributed by atoms with Crippen molar-refractivity contribution in [2.24, 2.45) is 0 Å². The third kappa shape index (κ3) is 3.44. The number of rotatable bonds is 7. The number of hydrogen-bond acceptors (Lipinski definition) is 3. The van der Waals surface area contributed by atoms with Crippen molar-refractivity contribution in [3.63, 3.8) is 0 Å². The molecule has 0 fully saturated rings. The molecule has 4 heteroatoms. The Hall–Kier alpha value is -2.75. The Morgan fingerprint density at radius 1 is 1.00 bits per heavy atom. The average molecular weight is 365 g/mol. The minimum Gasteiger partial charge on any atom is -0.493 e. The second-order valence-electron chi connectivity index (χ2n) is 6.62. The largest absolute Gasteiger partial charge is 0.493 e. The van der Waals surface area contributed by atoms with E-state index in [1.54, 1.807) is 20.3 Å². The van der Waals surface area contributed by atoms with Gasteiger partial charge >= 0.3 is 0 Å². The summed E-state index contributed by atoms with van der Waals surface area (Å²) in [5, 5.41) is 0. The zero-order chi connectivity index (χ0) is 19.4. The summed E-state index contributed by atoms with van der Waals surface area (Å²) in [6.07, 6.45) is 4.99. The summed E-state index contributed by atoms with van der Waals surface area (Å²) in [5.74, 6) is 1.28. The number of carbonyl (C=O) groups excluding carboxylic acids is 1. The van der Waals surface area contributed by atoms with Crippen molar-refractivity contribution in [1.29, 1.82) is 0 Å². The van der Waals surface area contributed by atoms with Gasteiger partial charge in [-0.3, -0.25) is 4.79 Å². The SMILES string of the molecule is CCC/C=C1\c2c(ccc(OC)c2OC)C(=O)N1Cc1ccccc1CC. The van der Waals surface area contributed by atoms with Crippen molar-refractivity contribution in [1.82, 2.24) is 4.90 Å². The number of amides is 1. The van der Waals surface area contributed by atoms with Crippen molar-refractivity contribution in [3.05, 3.63) is 64.7 Å². The van der Waals surface area contributed by atoms with Crippen LogP contribution in [0.15, 0.2) is 42.5 Å². The molecule has 1 heterocycles. The topological polar surface area (TPSA) is 38.8 Å². The molecule has 1 amide bonds. The lowest BCUT2D eigenvalue weighted by Gasteiger charge is -2.21. The first-order valence-corrected chi connectivity index (χ1v) is 9.50. The number of allylic oxidation sites excluding steroid dienone is 1. The van der Waals surface area contributed by atoms with Crippen LogP contribution in [0.5, 0.6) is 11.5 Å². The molecule has 0 aromatic heterocycles. The van der Waals surface area contributed by atoms with E-state index < -0.39 is 0 Å². The molecular formula is C23H27NO3. The smallest absolute Gasteiger partial charge is 0.259 e. The molecule has 0 spiro atoms. The Kier molecular flexibility index (Phi) is 5.84. The summed E-state index contributed by atoms with van der Waals surface area (Å²) in [5.41, 5.74) is 4.86. The summed E-state index contributed by atoms with van der Waals surface area (Å²) in [6, 6.07) is 11.9. The molecule has 0 atom stereocenters. The fourth-order valence-electron chi connectivity index (χ4n) is 3.63. The summed E-state index contributed by atoms with van der Waals surface area (Å²) in [7, 11) is 3.24. The molecule has 0 radical (unpaired) electrons. The molecule has 0 aliphatic carbocycles. The van der Waals surface area contributed by atoms with Gasteiger partial charge in [0.2, 0.25) is 0 Å². The average Bonchev–Trinajstić information content (AvgIpc) is 2.97. The molecule has 2 aromatic carbocycles.